The van der Waals surface area contributed by atoms with Crippen molar-refractivity contribution in [3.8, 4) is 0 Å². The average molecular weight is 312 g/mol. The smallest absolute Gasteiger partial charge is 0.251 e. The lowest BCUT2D eigenvalue weighted by molar-refractivity contribution is 0.0867. The number of amides is 1. The Kier molecular flexibility index (Phi) is 4.57. The number of rotatable bonds is 4. The first-order chi connectivity index (χ1) is 11.1. The highest BCUT2D eigenvalue weighted by Gasteiger charge is 2.21. The highest BCUT2D eigenvalue weighted by Crippen LogP contribution is 2.19. The molecule has 1 aliphatic rings. The van der Waals surface area contributed by atoms with Crippen molar-refractivity contribution in [2.24, 2.45) is 0 Å². The van der Waals surface area contributed by atoms with Crippen LogP contribution in [0, 0.1) is 0 Å². The maximum absolute atomic E-state index is 12.2. The zero-order valence-electron chi connectivity index (χ0n) is 12.8. The van der Waals surface area contributed by atoms with E-state index in [1.54, 1.807) is 42.7 Å². The van der Waals surface area contributed by atoms with Gasteiger partial charge in [0.2, 0.25) is 0 Å². The molecule has 0 atom stereocenters. The first-order valence-electron chi connectivity index (χ1n) is 7.90. The fraction of sp³-hybridized carbons (Fsp3) is 0.333. The van der Waals surface area contributed by atoms with Crippen molar-refractivity contribution < 1.29 is 14.7 Å². The lowest BCUT2D eigenvalue weighted by Gasteiger charge is -2.26. The third-order valence-electron chi connectivity index (χ3n) is 4.30. The Morgan fingerprint density at radius 1 is 0.957 bits per heavy atom. The van der Waals surface area contributed by atoms with E-state index >= 15 is 0 Å². The molecule has 3 rings (SSSR count). The van der Waals surface area contributed by atoms with Gasteiger partial charge in [0.05, 0.1) is 6.10 Å². The second-order valence-corrected chi connectivity index (χ2v) is 5.99. The van der Waals surface area contributed by atoms with Gasteiger partial charge in [0.15, 0.2) is 5.78 Å². The summed E-state index contributed by atoms with van der Waals surface area (Å²) < 4.78 is 0. The van der Waals surface area contributed by atoms with E-state index in [1.807, 2.05) is 0 Å². The number of hydrogen-bond donors (Lipinski definition) is 3. The number of hydrogen-bond acceptors (Lipinski definition) is 3. The summed E-state index contributed by atoms with van der Waals surface area (Å²) in [7, 11) is 0. The number of nitrogens with one attached hydrogen (secondary N) is 2. The van der Waals surface area contributed by atoms with Crippen LogP contribution in [0.3, 0.4) is 0 Å². The third-order valence-corrected chi connectivity index (χ3v) is 4.30. The van der Waals surface area contributed by atoms with Crippen molar-refractivity contribution in [2.75, 3.05) is 0 Å². The largest absolute Gasteiger partial charge is 0.393 e. The molecule has 0 saturated heterocycles. The molecule has 3 N–H and O–H groups in total. The number of H-pyrrole nitrogens is 1. The molecule has 1 amide bonds. The lowest BCUT2D eigenvalue weighted by Crippen LogP contribution is -2.38. The topological polar surface area (TPSA) is 82.2 Å². The van der Waals surface area contributed by atoms with Gasteiger partial charge in [0, 0.05) is 35.1 Å². The fourth-order valence-electron chi connectivity index (χ4n) is 2.89. The molecule has 1 fully saturated rings. The highest BCUT2D eigenvalue weighted by molar-refractivity contribution is 6.09. The zero-order chi connectivity index (χ0) is 16.2. The van der Waals surface area contributed by atoms with E-state index in [4.69, 9.17) is 0 Å². The zero-order valence-corrected chi connectivity index (χ0v) is 12.8. The molecule has 1 aromatic carbocycles. The number of carbonyl (C=O) groups excluding carboxylic acids is 2. The van der Waals surface area contributed by atoms with Crippen LogP contribution >= 0.6 is 0 Å². The van der Waals surface area contributed by atoms with Crippen molar-refractivity contribution in [1.82, 2.24) is 10.3 Å². The standard InChI is InChI=1S/C18H20N2O3/c21-16-7-5-15(6-8-16)20-18(23)13-3-1-12(2-4-13)17(22)14-9-10-19-11-14/h1-4,9-11,15-16,19,21H,5-8H2,(H,20,23). The quantitative estimate of drug-likeness (QED) is 0.758. The molecule has 1 heterocycles. The second-order valence-electron chi connectivity index (χ2n) is 5.99. The second kappa shape index (κ2) is 6.79. The summed E-state index contributed by atoms with van der Waals surface area (Å²) >= 11 is 0. The van der Waals surface area contributed by atoms with Crippen molar-refractivity contribution in [2.45, 2.75) is 37.8 Å². The summed E-state index contributed by atoms with van der Waals surface area (Å²) in [5.41, 5.74) is 1.70. The van der Waals surface area contributed by atoms with Crippen LogP contribution in [0.1, 0.15) is 52.0 Å². The Bertz CT molecular complexity index is 669. The van der Waals surface area contributed by atoms with Crippen molar-refractivity contribution in [3.05, 3.63) is 59.4 Å². The molecule has 0 unspecified atom stereocenters. The van der Waals surface area contributed by atoms with Crippen LogP contribution in [0.5, 0.6) is 0 Å². The SMILES string of the molecule is O=C(NC1CCC(O)CC1)c1ccc(C(=O)c2cc[nH]c2)cc1. The van der Waals surface area contributed by atoms with Crippen molar-refractivity contribution in [1.29, 1.82) is 0 Å². The van der Waals surface area contributed by atoms with E-state index in [0.29, 0.717) is 16.7 Å². The Hall–Kier alpha value is -2.40. The highest BCUT2D eigenvalue weighted by atomic mass is 16.3. The number of aromatic amines is 1. The number of carbonyl (C=O) groups is 2. The van der Waals surface area contributed by atoms with Gasteiger partial charge in [-0.15, -0.1) is 0 Å². The van der Waals surface area contributed by atoms with Crippen LogP contribution < -0.4 is 5.32 Å². The summed E-state index contributed by atoms with van der Waals surface area (Å²) in [5, 5.41) is 12.5. The monoisotopic (exact) mass is 312 g/mol. The Morgan fingerprint density at radius 2 is 1.61 bits per heavy atom. The van der Waals surface area contributed by atoms with Gasteiger partial charge in [-0.3, -0.25) is 9.59 Å². The predicted octanol–water partition coefficient (Wildman–Crippen LogP) is 2.28. The van der Waals surface area contributed by atoms with Crippen LogP contribution in [-0.2, 0) is 0 Å². The van der Waals surface area contributed by atoms with Gasteiger partial charge in [0.1, 0.15) is 0 Å². The van der Waals surface area contributed by atoms with Gasteiger partial charge in [0.25, 0.3) is 5.91 Å². The molecule has 120 valence electrons. The summed E-state index contributed by atoms with van der Waals surface area (Å²) in [6, 6.07) is 8.54. The van der Waals surface area contributed by atoms with Crippen LogP contribution in [0.4, 0.5) is 0 Å². The molecule has 2 aromatic rings. The van der Waals surface area contributed by atoms with Gasteiger partial charge in [-0.25, -0.2) is 0 Å². The van der Waals surface area contributed by atoms with E-state index in [-0.39, 0.29) is 23.8 Å². The first-order valence-corrected chi connectivity index (χ1v) is 7.90. The van der Waals surface area contributed by atoms with Crippen LogP contribution in [0.2, 0.25) is 0 Å². The Labute approximate surface area is 134 Å². The molecule has 1 aliphatic carbocycles. The summed E-state index contributed by atoms with van der Waals surface area (Å²) in [4.78, 5) is 27.3. The summed E-state index contributed by atoms with van der Waals surface area (Å²) in [5.74, 6) is -0.202. The maximum Gasteiger partial charge on any atom is 0.251 e. The Balaban J connectivity index is 1.62. The minimum Gasteiger partial charge on any atom is -0.393 e. The molecule has 23 heavy (non-hydrogen) atoms. The van der Waals surface area contributed by atoms with E-state index in [0.717, 1.165) is 25.7 Å². The number of aromatic nitrogens is 1. The van der Waals surface area contributed by atoms with E-state index < -0.39 is 0 Å². The van der Waals surface area contributed by atoms with Crippen LogP contribution in [0.15, 0.2) is 42.7 Å². The molecule has 1 aromatic heterocycles. The third kappa shape index (κ3) is 3.68. The molecular weight excluding hydrogens is 292 g/mol. The van der Waals surface area contributed by atoms with Gasteiger partial charge in [-0.2, -0.15) is 0 Å². The van der Waals surface area contributed by atoms with Gasteiger partial charge >= 0.3 is 0 Å². The molecule has 5 nitrogen and oxygen atoms in total. The molecule has 0 radical (unpaired) electrons. The molecule has 0 spiro atoms. The molecule has 0 bridgehead atoms. The number of ketones is 1. The average Bonchev–Trinajstić information content (AvgIpc) is 3.11. The molecule has 0 aliphatic heterocycles. The number of aliphatic hydroxyl groups is 1. The van der Waals surface area contributed by atoms with E-state index in [2.05, 4.69) is 10.3 Å². The fourth-order valence-corrected chi connectivity index (χ4v) is 2.89. The minimum atomic E-state index is -0.234. The lowest BCUT2D eigenvalue weighted by atomic mass is 9.93. The number of aliphatic hydroxyl groups excluding tert-OH is 1. The minimum absolute atomic E-state index is 0.0699. The Morgan fingerprint density at radius 3 is 2.22 bits per heavy atom. The van der Waals surface area contributed by atoms with Gasteiger partial charge < -0.3 is 15.4 Å². The van der Waals surface area contributed by atoms with E-state index in [1.165, 1.54) is 0 Å². The van der Waals surface area contributed by atoms with Crippen LogP contribution in [0.25, 0.3) is 0 Å². The molecule has 1 saturated carbocycles. The predicted molar refractivity (Wildman–Crippen MR) is 86.4 cm³/mol. The van der Waals surface area contributed by atoms with Crippen LogP contribution in [-0.4, -0.2) is 33.9 Å². The summed E-state index contributed by atoms with van der Waals surface area (Å²) in [6.45, 7) is 0. The first kappa shape index (κ1) is 15.5. The van der Waals surface area contributed by atoms with Crippen molar-refractivity contribution in [3.63, 3.8) is 0 Å². The van der Waals surface area contributed by atoms with Crippen molar-refractivity contribution >= 4 is 11.7 Å². The normalized spacial score (nSPS) is 20.9. The number of benzene rings is 1. The molecular formula is C18H20N2O3. The summed E-state index contributed by atoms with van der Waals surface area (Å²) in [6.07, 6.45) is 6.19. The molecule has 5 heteroatoms. The van der Waals surface area contributed by atoms with Gasteiger partial charge in [-0.05, 0) is 43.9 Å². The van der Waals surface area contributed by atoms with E-state index in [9.17, 15) is 14.7 Å². The van der Waals surface area contributed by atoms with Gasteiger partial charge in [-0.1, -0.05) is 12.1 Å². The maximum atomic E-state index is 12.2.